The molecule has 3 heteroatoms. The average molecular weight is 202 g/mol. The molecule has 0 spiro atoms. The summed E-state index contributed by atoms with van der Waals surface area (Å²) in [7, 11) is 0. The Balaban J connectivity index is 2.44. The Morgan fingerprint density at radius 2 is 1.79 bits per heavy atom. The minimum atomic E-state index is -0.443. The quantitative estimate of drug-likeness (QED) is 0.742. The van der Waals surface area contributed by atoms with E-state index in [4.69, 9.17) is 9.47 Å². The topological polar surface area (TPSA) is 38.7 Å². The van der Waals surface area contributed by atoms with Crippen LogP contribution < -0.4 is 0 Å². The lowest BCUT2D eigenvalue weighted by molar-refractivity contribution is -0.298. The van der Waals surface area contributed by atoms with Gasteiger partial charge in [0.2, 0.25) is 0 Å². The van der Waals surface area contributed by atoms with Gasteiger partial charge in [0.15, 0.2) is 5.79 Å². The number of aliphatic hydroxyl groups excluding tert-OH is 1. The van der Waals surface area contributed by atoms with Crippen LogP contribution in [0, 0.1) is 0 Å². The molecule has 1 N–H and O–H groups in total. The second-order valence-electron chi connectivity index (χ2n) is 4.04. The molecule has 0 bridgehead atoms. The highest BCUT2D eigenvalue weighted by Gasteiger charge is 2.35. The van der Waals surface area contributed by atoms with Gasteiger partial charge >= 0.3 is 0 Å². The van der Waals surface area contributed by atoms with E-state index in [0.717, 1.165) is 32.1 Å². The third kappa shape index (κ3) is 3.23. The fourth-order valence-corrected chi connectivity index (χ4v) is 1.83. The van der Waals surface area contributed by atoms with Gasteiger partial charge in [0, 0.05) is 12.8 Å². The monoisotopic (exact) mass is 202 g/mol. The van der Waals surface area contributed by atoms with Gasteiger partial charge in [-0.3, -0.25) is 0 Å². The predicted molar refractivity (Wildman–Crippen MR) is 55.1 cm³/mol. The number of aliphatic hydroxyl groups is 1. The maximum Gasteiger partial charge on any atom is 0.168 e. The van der Waals surface area contributed by atoms with Crippen molar-refractivity contribution in [2.75, 3.05) is 13.2 Å². The van der Waals surface area contributed by atoms with Crippen LogP contribution in [0.1, 0.15) is 46.0 Å². The predicted octanol–water partition coefficient (Wildman–Crippen LogP) is 2.08. The standard InChI is InChI=1S/C11H22O3/c1-3-5-7-11(6-4-2)13-8-10(12)9-14-11/h10,12H,3-9H2,1-2H3. The minimum absolute atomic E-state index is 0.399. The highest BCUT2D eigenvalue weighted by Crippen LogP contribution is 2.29. The van der Waals surface area contributed by atoms with Gasteiger partial charge in [-0.05, 0) is 6.42 Å². The Hall–Kier alpha value is -0.120. The Labute approximate surface area is 86.4 Å². The van der Waals surface area contributed by atoms with Crippen molar-refractivity contribution >= 4 is 0 Å². The summed E-state index contributed by atoms with van der Waals surface area (Å²) >= 11 is 0. The lowest BCUT2D eigenvalue weighted by Crippen LogP contribution is -2.46. The second kappa shape index (κ2) is 5.69. The number of hydrogen-bond donors (Lipinski definition) is 1. The molecule has 1 fully saturated rings. The van der Waals surface area contributed by atoms with E-state index in [1.165, 1.54) is 0 Å². The summed E-state index contributed by atoms with van der Waals surface area (Å²) in [6.45, 7) is 5.14. The summed E-state index contributed by atoms with van der Waals surface area (Å²) < 4.78 is 11.3. The van der Waals surface area contributed by atoms with Crippen LogP contribution in [0.2, 0.25) is 0 Å². The summed E-state index contributed by atoms with van der Waals surface area (Å²) in [5.74, 6) is -0.399. The Morgan fingerprint density at radius 1 is 1.14 bits per heavy atom. The molecule has 0 aliphatic carbocycles. The molecular formula is C11H22O3. The molecule has 84 valence electrons. The molecule has 14 heavy (non-hydrogen) atoms. The van der Waals surface area contributed by atoms with Crippen molar-refractivity contribution in [2.24, 2.45) is 0 Å². The fourth-order valence-electron chi connectivity index (χ4n) is 1.83. The van der Waals surface area contributed by atoms with Gasteiger partial charge < -0.3 is 14.6 Å². The van der Waals surface area contributed by atoms with Gasteiger partial charge in [0.1, 0.15) is 6.10 Å². The molecule has 1 aliphatic rings. The van der Waals surface area contributed by atoms with Crippen LogP contribution in [0.15, 0.2) is 0 Å². The largest absolute Gasteiger partial charge is 0.388 e. The third-order valence-electron chi connectivity index (χ3n) is 2.62. The third-order valence-corrected chi connectivity index (χ3v) is 2.62. The van der Waals surface area contributed by atoms with E-state index in [2.05, 4.69) is 13.8 Å². The second-order valence-corrected chi connectivity index (χ2v) is 4.04. The average Bonchev–Trinajstić information content (AvgIpc) is 2.20. The zero-order valence-electron chi connectivity index (χ0n) is 9.29. The van der Waals surface area contributed by atoms with Crippen molar-refractivity contribution < 1.29 is 14.6 Å². The highest BCUT2D eigenvalue weighted by atomic mass is 16.7. The van der Waals surface area contributed by atoms with Crippen molar-refractivity contribution in [1.29, 1.82) is 0 Å². The first kappa shape index (κ1) is 12.0. The lowest BCUT2D eigenvalue weighted by atomic mass is 10.0. The van der Waals surface area contributed by atoms with Crippen LogP contribution >= 0.6 is 0 Å². The summed E-state index contributed by atoms with van der Waals surface area (Å²) in [6, 6.07) is 0. The van der Waals surface area contributed by atoms with Gasteiger partial charge in [-0.1, -0.05) is 26.7 Å². The van der Waals surface area contributed by atoms with Crippen molar-refractivity contribution in [1.82, 2.24) is 0 Å². The molecule has 0 aromatic carbocycles. The molecule has 0 amide bonds. The van der Waals surface area contributed by atoms with Crippen LogP contribution in [0.5, 0.6) is 0 Å². The summed E-state index contributed by atoms with van der Waals surface area (Å²) in [6.07, 6.45) is 4.77. The van der Waals surface area contributed by atoms with Gasteiger partial charge in [-0.15, -0.1) is 0 Å². The van der Waals surface area contributed by atoms with Gasteiger partial charge in [-0.2, -0.15) is 0 Å². The van der Waals surface area contributed by atoms with Crippen LogP contribution in [-0.2, 0) is 9.47 Å². The Morgan fingerprint density at radius 3 is 2.29 bits per heavy atom. The van der Waals surface area contributed by atoms with Gasteiger partial charge in [-0.25, -0.2) is 0 Å². The van der Waals surface area contributed by atoms with Crippen LogP contribution in [-0.4, -0.2) is 30.2 Å². The zero-order valence-corrected chi connectivity index (χ0v) is 9.29. The molecule has 1 heterocycles. The molecule has 1 saturated heterocycles. The van der Waals surface area contributed by atoms with E-state index in [9.17, 15) is 5.11 Å². The lowest BCUT2D eigenvalue weighted by Gasteiger charge is -2.39. The molecule has 3 nitrogen and oxygen atoms in total. The van der Waals surface area contributed by atoms with Crippen molar-refractivity contribution in [3.8, 4) is 0 Å². The maximum absolute atomic E-state index is 9.29. The van der Waals surface area contributed by atoms with Gasteiger partial charge in [0.05, 0.1) is 13.2 Å². The van der Waals surface area contributed by atoms with E-state index in [1.807, 2.05) is 0 Å². The summed E-state index contributed by atoms with van der Waals surface area (Å²) in [5.41, 5.74) is 0. The Kier molecular flexibility index (Phi) is 4.85. The first-order chi connectivity index (χ1) is 6.72. The van der Waals surface area contributed by atoms with Crippen LogP contribution in [0.3, 0.4) is 0 Å². The van der Waals surface area contributed by atoms with E-state index >= 15 is 0 Å². The molecule has 0 saturated carbocycles. The normalized spacial score (nSPS) is 33.2. The summed E-state index contributed by atoms with van der Waals surface area (Å²) in [4.78, 5) is 0. The van der Waals surface area contributed by atoms with Crippen LogP contribution in [0.25, 0.3) is 0 Å². The SMILES string of the molecule is CCCCC1(CCC)OCC(O)CO1. The van der Waals surface area contributed by atoms with E-state index < -0.39 is 11.9 Å². The highest BCUT2D eigenvalue weighted by molar-refractivity contribution is 4.75. The smallest absolute Gasteiger partial charge is 0.168 e. The first-order valence-electron chi connectivity index (χ1n) is 5.68. The van der Waals surface area contributed by atoms with Crippen molar-refractivity contribution in [2.45, 2.75) is 57.8 Å². The number of hydrogen-bond acceptors (Lipinski definition) is 3. The van der Waals surface area contributed by atoms with Crippen LogP contribution in [0.4, 0.5) is 0 Å². The fraction of sp³-hybridized carbons (Fsp3) is 1.00. The van der Waals surface area contributed by atoms with Gasteiger partial charge in [0.25, 0.3) is 0 Å². The van der Waals surface area contributed by atoms with E-state index in [1.54, 1.807) is 0 Å². The summed E-state index contributed by atoms with van der Waals surface area (Å²) in [5, 5.41) is 9.29. The number of unbranched alkanes of at least 4 members (excludes halogenated alkanes) is 1. The molecule has 0 radical (unpaired) electrons. The molecule has 0 aromatic heterocycles. The van der Waals surface area contributed by atoms with Crippen molar-refractivity contribution in [3.63, 3.8) is 0 Å². The number of ether oxygens (including phenoxy) is 2. The molecular weight excluding hydrogens is 180 g/mol. The van der Waals surface area contributed by atoms with Crippen molar-refractivity contribution in [3.05, 3.63) is 0 Å². The number of rotatable bonds is 5. The maximum atomic E-state index is 9.29. The zero-order chi connectivity index (χ0) is 10.4. The van der Waals surface area contributed by atoms with E-state index in [-0.39, 0.29) is 0 Å². The molecule has 1 rings (SSSR count). The Bertz CT molecular complexity index is 145. The molecule has 0 unspecified atom stereocenters. The molecule has 1 aliphatic heterocycles. The minimum Gasteiger partial charge on any atom is -0.388 e. The van der Waals surface area contributed by atoms with E-state index in [0.29, 0.717) is 13.2 Å². The first-order valence-corrected chi connectivity index (χ1v) is 5.68. The molecule has 0 aromatic rings. The molecule has 0 atom stereocenters.